The second-order valence-electron chi connectivity index (χ2n) is 9.75. The lowest BCUT2D eigenvalue weighted by Crippen LogP contribution is -2.62. The highest BCUT2D eigenvalue weighted by molar-refractivity contribution is 5.93. The highest BCUT2D eigenvalue weighted by atomic mass is 16.5. The van der Waals surface area contributed by atoms with E-state index in [0.717, 1.165) is 27.5 Å². The van der Waals surface area contributed by atoms with Crippen molar-refractivity contribution in [1.82, 2.24) is 20.5 Å². The Bertz CT molecular complexity index is 1500. The minimum atomic E-state index is -0.874. The lowest BCUT2D eigenvalue weighted by molar-refractivity contribution is -0.149. The predicted octanol–water partition coefficient (Wildman–Crippen LogP) is 3.57. The van der Waals surface area contributed by atoms with Crippen LogP contribution in [0.4, 0.5) is 10.6 Å². The van der Waals surface area contributed by atoms with Crippen LogP contribution < -0.4 is 16.4 Å². The Morgan fingerprint density at radius 1 is 0.950 bits per heavy atom. The highest BCUT2D eigenvalue weighted by Gasteiger charge is 2.40. The van der Waals surface area contributed by atoms with E-state index in [0.29, 0.717) is 25.3 Å². The number of hydrogen-bond donors (Lipinski definition) is 3. The molecule has 1 fully saturated rings. The van der Waals surface area contributed by atoms with Crippen molar-refractivity contribution in [3.05, 3.63) is 108 Å². The number of hydrogen-bond acceptors (Lipinski definition) is 6. The van der Waals surface area contributed by atoms with Crippen LogP contribution in [-0.4, -0.2) is 46.4 Å². The molecule has 0 aliphatic carbocycles. The molecular formula is C31H31N5O4. The van der Waals surface area contributed by atoms with Crippen LogP contribution in [0, 0.1) is 0 Å². The fraction of sp³-hybridized carbons (Fsp3) is 0.226. The number of nitrogens with two attached hydrogens (primary N) is 1. The van der Waals surface area contributed by atoms with Crippen molar-refractivity contribution >= 4 is 34.5 Å². The number of alkyl carbamates (subject to hydrolysis) is 1. The van der Waals surface area contributed by atoms with Crippen LogP contribution in [0.15, 0.2) is 91.1 Å². The number of carbonyl (C=O) groups is 3. The average molecular weight is 538 g/mol. The summed E-state index contributed by atoms with van der Waals surface area (Å²) in [5, 5.41) is 7.46. The Balaban J connectivity index is 1.21. The first-order chi connectivity index (χ1) is 19.5. The predicted molar refractivity (Wildman–Crippen MR) is 152 cm³/mol. The van der Waals surface area contributed by atoms with Gasteiger partial charge < -0.3 is 26.0 Å². The quantitative estimate of drug-likeness (QED) is 0.300. The Labute approximate surface area is 232 Å². The smallest absolute Gasteiger partial charge is 0.408 e. The lowest BCUT2D eigenvalue weighted by atomic mass is 9.97. The SMILES string of the molecule is Nc1nccc2cc(CNC(=O)C3CCN3C(=O)[C@@H](Cc3ccccc3)NC(=O)OCc3ccccc3)ccc12. The first-order valence-electron chi connectivity index (χ1n) is 13.2. The van der Waals surface area contributed by atoms with Gasteiger partial charge in [-0.25, -0.2) is 9.78 Å². The number of carbonyl (C=O) groups excluding carboxylic acids is 3. The number of rotatable bonds is 9. The molecule has 0 spiro atoms. The monoisotopic (exact) mass is 537 g/mol. The number of anilines is 1. The van der Waals surface area contributed by atoms with E-state index in [1.165, 1.54) is 4.90 Å². The molecule has 1 saturated heterocycles. The van der Waals surface area contributed by atoms with Gasteiger partial charge in [0, 0.05) is 31.1 Å². The number of amides is 3. The Morgan fingerprint density at radius 2 is 1.68 bits per heavy atom. The van der Waals surface area contributed by atoms with E-state index < -0.39 is 18.2 Å². The minimum Gasteiger partial charge on any atom is -0.445 e. The van der Waals surface area contributed by atoms with Crippen LogP contribution in [0.2, 0.25) is 0 Å². The van der Waals surface area contributed by atoms with Crippen LogP contribution >= 0.6 is 0 Å². The summed E-state index contributed by atoms with van der Waals surface area (Å²) in [4.78, 5) is 44.9. The summed E-state index contributed by atoms with van der Waals surface area (Å²) in [5.74, 6) is -0.0982. The van der Waals surface area contributed by atoms with E-state index in [-0.39, 0.29) is 24.8 Å². The third-order valence-electron chi connectivity index (χ3n) is 7.02. The third kappa shape index (κ3) is 6.37. The topological polar surface area (TPSA) is 127 Å². The highest BCUT2D eigenvalue weighted by Crippen LogP contribution is 2.22. The van der Waals surface area contributed by atoms with Gasteiger partial charge in [-0.2, -0.15) is 0 Å². The fourth-order valence-electron chi connectivity index (χ4n) is 4.75. The standard InChI is InChI=1S/C31H31N5O4/c32-28-25-12-11-23(17-24(25)13-15-33-28)19-34-29(37)27-14-16-36(27)30(38)26(18-21-7-3-1-4-8-21)35-31(39)40-20-22-9-5-2-6-10-22/h1-13,15,17,26-27H,14,16,18-20H2,(H2,32,33)(H,34,37)(H,35,39)/t26-,27?/m1/s1. The van der Waals surface area contributed by atoms with E-state index in [1.807, 2.05) is 84.9 Å². The molecular weight excluding hydrogens is 506 g/mol. The normalized spacial score (nSPS) is 15.1. The van der Waals surface area contributed by atoms with Crippen LogP contribution in [0.5, 0.6) is 0 Å². The summed E-state index contributed by atoms with van der Waals surface area (Å²) in [6, 6.07) is 24.9. The minimum absolute atomic E-state index is 0.0888. The van der Waals surface area contributed by atoms with E-state index >= 15 is 0 Å². The average Bonchev–Trinajstić information content (AvgIpc) is 2.95. The molecule has 3 amide bonds. The summed E-state index contributed by atoms with van der Waals surface area (Å²) in [6.07, 6.45) is 1.79. The number of nitrogen functional groups attached to an aromatic ring is 1. The van der Waals surface area contributed by atoms with E-state index in [2.05, 4.69) is 15.6 Å². The second-order valence-corrected chi connectivity index (χ2v) is 9.75. The molecule has 0 radical (unpaired) electrons. The summed E-state index contributed by atoms with van der Waals surface area (Å²) in [7, 11) is 0. The maximum absolute atomic E-state index is 13.6. The number of aromatic nitrogens is 1. The van der Waals surface area contributed by atoms with Crippen LogP contribution in [0.3, 0.4) is 0 Å². The molecule has 2 heterocycles. The molecule has 3 aromatic carbocycles. The molecule has 1 aromatic heterocycles. The van der Waals surface area contributed by atoms with Crippen molar-refractivity contribution in [3.63, 3.8) is 0 Å². The summed E-state index contributed by atoms with van der Waals surface area (Å²) >= 11 is 0. The van der Waals surface area contributed by atoms with E-state index in [4.69, 9.17) is 10.5 Å². The molecule has 0 saturated carbocycles. The maximum atomic E-state index is 13.6. The molecule has 9 heteroatoms. The van der Waals surface area contributed by atoms with Gasteiger partial charge in [-0.05, 0) is 40.6 Å². The first-order valence-corrected chi connectivity index (χ1v) is 13.2. The number of nitrogens with one attached hydrogen (secondary N) is 2. The first kappa shape index (κ1) is 26.7. The van der Waals surface area contributed by atoms with Crippen molar-refractivity contribution in [2.75, 3.05) is 12.3 Å². The zero-order valence-electron chi connectivity index (χ0n) is 22.0. The van der Waals surface area contributed by atoms with Crippen molar-refractivity contribution in [3.8, 4) is 0 Å². The van der Waals surface area contributed by atoms with Crippen molar-refractivity contribution in [2.24, 2.45) is 0 Å². The number of fused-ring (bicyclic) bond motifs is 1. The largest absolute Gasteiger partial charge is 0.445 e. The molecule has 1 aliphatic heterocycles. The maximum Gasteiger partial charge on any atom is 0.408 e. The van der Waals surface area contributed by atoms with Gasteiger partial charge in [-0.15, -0.1) is 0 Å². The van der Waals surface area contributed by atoms with Crippen LogP contribution in [-0.2, 0) is 33.9 Å². The number of likely N-dealkylation sites (tertiary alicyclic amines) is 1. The van der Waals surface area contributed by atoms with Gasteiger partial charge in [0.2, 0.25) is 11.8 Å². The second kappa shape index (κ2) is 12.3. The van der Waals surface area contributed by atoms with Gasteiger partial charge in [-0.3, -0.25) is 9.59 Å². The van der Waals surface area contributed by atoms with Crippen LogP contribution in [0.1, 0.15) is 23.1 Å². The van der Waals surface area contributed by atoms with Gasteiger partial charge >= 0.3 is 6.09 Å². The third-order valence-corrected chi connectivity index (χ3v) is 7.02. The zero-order chi connectivity index (χ0) is 27.9. The lowest BCUT2D eigenvalue weighted by Gasteiger charge is -2.41. The van der Waals surface area contributed by atoms with Crippen molar-refractivity contribution in [1.29, 1.82) is 0 Å². The summed E-state index contributed by atoms with van der Waals surface area (Å²) in [5.41, 5.74) is 8.57. The van der Waals surface area contributed by atoms with E-state index in [9.17, 15) is 14.4 Å². The van der Waals surface area contributed by atoms with Crippen LogP contribution in [0.25, 0.3) is 10.8 Å². The molecule has 204 valence electrons. The molecule has 4 N–H and O–H groups in total. The Kier molecular flexibility index (Phi) is 8.20. The van der Waals surface area contributed by atoms with Gasteiger partial charge in [0.05, 0.1) is 0 Å². The van der Waals surface area contributed by atoms with Gasteiger partial charge in [0.1, 0.15) is 24.5 Å². The molecule has 1 aliphatic rings. The molecule has 0 bridgehead atoms. The number of ether oxygens (including phenoxy) is 1. The van der Waals surface area contributed by atoms with Gasteiger partial charge in [-0.1, -0.05) is 72.8 Å². The van der Waals surface area contributed by atoms with Crippen molar-refractivity contribution < 1.29 is 19.1 Å². The summed E-state index contributed by atoms with van der Waals surface area (Å²) < 4.78 is 5.37. The fourth-order valence-corrected chi connectivity index (χ4v) is 4.75. The zero-order valence-corrected chi connectivity index (χ0v) is 22.0. The molecule has 2 atom stereocenters. The molecule has 5 rings (SSSR count). The summed E-state index contributed by atoms with van der Waals surface area (Å²) in [6.45, 7) is 0.837. The number of nitrogens with zero attached hydrogens (tertiary/aromatic N) is 2. The molecule has 1 unspecified atom stereocenters. The number of benzene rings is 3. The van der Waals surface area contributed by atoms with Gasteiger partial charge in [0.25, 0.3) is 0 Å². The molecule has 4 aromatic rings. The van der Waals surface area contributed by atoms with Gasteiger partial charge in [0.15, 0.2) is 0 Å². The Hall–Kier alpha value is -4.92. The molecule has 9 nitrogen and oxygen atoms in total. The Morgan fingerprint density at radius 3 is 2.38 bits per heavy atom. The molecule has 40 heavy (non-hydrogen) atoms. The van der Waals surface area contributed by atoms with Crippen molar-refractivity contribution in [2.45, 2.75) is 38.1 Å². The number of pyridine rings is 1. The van der Waals surface area contributed by atoms with E-state index in [1.54, 1.807) is 6.20 Å².